The molecule has 6 heteroatoms. The Balaban J connectivity index is 1.74. The zero-order chi connectivity index (χ0) is 23.7. The highest BCUT2D eigenvalue weighted by Crippen LogP contribution is 2.54. The Bertz CT molecular complexity index is 1080. The second kappa shape index (κ2) is 7.81. The molecule has 4 atom stereocenters. The third-order valence-electron chi connectivity index (χ3n) is 7.97. The lowest BCUT2D eigenvalue weighted by molar-refractivity contribution is -0.0891. The van der Waals surface area contributed by atoms with Crippen molar-refractivity contribution in [2.75, 3.05) is 0 Å². The Morgan fingerprint density at radius 2 is 1.85 bits per heavy atom. The molecule has 4 unspecified atom stereocenters. The highest BCUT2D eigenvalue weighted by atomic mass is 19.4. The average molecular weight is 460 g/mol. The van der Waals surface area contributed by atoms with Crippen molar-refractivity contribution in [1.82, 2.24) is 4.98 Å². The minimum absolute atomic E-state index is 0.124. The van der Waals surface area contributed by atoms with Gasteiger partial charge >= 0.3 is 6.18 Å². The summed E-state index contributed by atoms with van der Waals surface area (Å²) in [4.78, 5) is 4.98. The molecule has 0 radical (unpaired) electrons. The molecule has 0 aliphatic heterocycles. The molecular weight excluding hydrogens is 427 g/mol. The maximum absolute atomic E-state index is 13.5. The van der Waals surface area contributed by atoms with Gasteiger partial charge in [-0.3, -0.25) is 4.98 Å². The minimum atomic E-state index is -4.40. The van der Waals surface area contributed by atoms with Crippen molar-refractivity contribution in [3.63, 3.8) is 0 Å². The summed E-state index contributed by atoms with van der Waals surface area (Å²) >= 11 is 0. The maximum atomic E-state index is 13.5. The van der Waals surface area contributed by atoms with Crippen LogP contribution in [0, 0.1) is 11.3 Å². The van der Waals surface area contributed by atoms with E-state index in [1.807, 2.05) is 6.92 Å². The number of aromatic nitrogens is 1. The van der Waals surface area contributed by atoms with Crippen molar-refractivity contribution in [2.45, 2.75) is 90.0 Å². The van der Waals surface area contributed by atoms with Crippen LogP contribution < -0.4 is 0 Å². The Morgan fingerprint density at radius 3 is 2.52 bits per heavy atom. The first kappa shape index (κ1) is 22.9. The van der Waals surface area contributed by atoms with Gasteiger partial charge in [0.05, 0.1) is 23.5 Å². The van der Waals surface area contributed by atoms with Gasteiger partial charge in [-0.1, -0.05) is 44.6 Å². The summed E-state index contributed by atoms with van der Waals surface area (Å²) in [6, 6.07) is 0. The highest BCUT2D eigenvalue weighted by Gasteiger charge is 2.45. The Kier molecular flexibility index (Phi) is 5.41. The lowest BCUT2D eigenvalue weighted by Gasteiger charge is -2.43. The monoisotopic (exact) mass is 459 g/mol. The standard InChI is InChI=1S/C27H32F3NO2/c1-14-18-11-16(27(28,29)30)9-10-17(18)25(33)23-21(15-7-5-4-6-8-15)22-19(31-24(14)23)12-26(2,3)13-20(22)32/h7,9,11,14,17,20,25,32-33H,4-6,8,10,12-13H2,1-3H3. The third-order valence-corrected chi connectivity index (χ3v) is 7.97. The number of aliphatic hydroxyl groups is 2. The van der Waals surface area contributed by atoms with E-state index in [4.69, 9.17) is 4.98 Å². The first-order valence-electron chi connectivity index (χ1n) is 12.1. The van der Waals surface area contributed by atoms with Crippen LogP contribution in [-0.2, 0) is 6.42 Å². The van der Waals surface area contributed by atoms with E-state index in [1.54, 1.807) is 0 Å². The molecule has 178 valence electrons. The normalized spacial score (nSPS) is 31.0. The fraction of sp³-hybridized carbons (Fsp3) is 0.593. The van der Waals surface area contributed by atoms with E-state index < -0.39 is 29.9 Å². The minimum Gasteiger partial charge on any atom is -0.388 e. The molecule has 1 heterocycles. The van der Waals surface area contributed by atoms with Gasteiger partial charge < -0.3 is 10.2 Å². The molecule has 2 N–H and O–H groups in total. The number of aliphatic hydroxyl groups excluding tert-OH is 2. The predicted molar refractivity (Wildman–Crippen MR) is 121 cm³/mol. The fourth-order valence-corrected chi connectivity index (χ4v) is 6.42. The number of halogens is 3. The third kappa shape index (κ3) is 3.79. The van der Waals surface area contributed by atoms with Gasteiger partial charge in [-0.25, -0.2) is 0 Å². The number of hydrogen-bond acceptors (Lipinski definition) is 3. The molecule has 0 fully saturated rings. The zero-order valence-electron chi connectivity index (χ0n) is 19.5. The van der Waals surface area contributed by atoms with E-state index in [0.29, 0.717) is 24.1 Å². The summed E-state index contributed by atoms with van der Waals surface area (Å²) < 4.78 is 40.4. The van der Waals surface area contributed by atoms with E-state index in [0.717, 1.165) is 53.6 Å². The van der Waals surface area contributed by atoms with Gasteiger partial charge in [0.1, 0.15) is 0 Å². The van der Waals surface area contributed by atoms with Gasteiger partial charge in [0.15, 0.2) is 0 Å². The Morgan fingerprint density at radius 1 is 1.09 bits per heavy atom. The van der Waals surface area contributed by atoms with Crippen molar-refractivity contribution in [3.8, 4) is 0 Å². The van der Waals surface area contributed by atoms with Crippen molar-refractivity contribution >= 4 is 5.57 Å². The van der Waals surface area contributed by atoms with Crippen LogP contribution in [0.2, 0.25) is 0 Å². The van der Waals surface area contributed by atoms with Crippen molar-refractivity contribution in [3.05, 3.63) is 57.5 Å². The molecule has 0 saturated heterocycles. The van der Waals surface area contributed by atoms with Gasteiger partial charge in [0.25, 0.3) is 0 Å². The average Bonchev–Trinajstić information content (AvgIpc) is 2.75. The van der Waals surface area contributed by atoms with Gasteiger partial charge in [-0.15, -0.1) is 0 Å². The molecule has 33 heavy (non-hydrogen) atoms. The lowest BCUT2D eigenvalue weighted by atomic mass is 9.65. The number of pyridine rings is 1. The van der Waals surface area contributed by atoms with Gasteiger partial charge in [0, 0.05) is 28.7 Å². The van der Waals surface area contributed by atoms with Crippen LogP contribution in [0.5, 0.6) is 0 Å². The van der Waals surface area contributed by atoms with Gasteiger partial charge in [-0.2, -0.15) is 13.2 Å². The molecule has 0 saturated carbocycles. The molecule has 0 spiro atoms. The molecule has 0 amide bonds. The van der Waals surface area contributed by atoms with Crippen molar-refractivity contribution in [2.24, 2.45) is 11.3 Å². The quantitative estimate of drug-likeness (QED) is 0.496. The maximum Gasteiger partial charge on any atom is 0.416 e. The van der Waals surface area contributed by atoms with Crippen LogP contribution in [0.25, 0.3) is 5.57 Å². The highest BCUT2D eigenvalue weighted by molar-refractivity contribution is 5.75. The van der Waals surface area contributed by atoms with Crippen LogP contribution in [0.3, 0.4) is 0 Å². The summed E-state index contributed by atoms with van der Waals surface area (Å²) in [5.74, 6) is -0.728. The first-order chi connectivity index (χ1) is 15.5. The molecule has 1 aromatic heterocycles. The van der Waals surface area contributed by atoms with Crippen LogP contribution >= 0.6 is 0 Å². The van der Waals surface area contributed by atoms with Crippen LogP contribution in [-0.4, -0.2) is 21.4 Å². The van der Waals surface area contributed by atoms with Crippen LogP contribution in [0.4, 0.5) is 13.2 Å². The molecule has 5 rings (SSSR count). The van der Waals surface area contributed by atoms with E-state index in [-0.39, 0.29) is 17.8 Å². The topological polar surface area (TPSA) is 53.4 Å². The number of alkyl halides is 3. The lowest BCUT2D eigenvalue weighted by Crippen LogP contribution is -2.34. The van der Waals surface area contributed by atoms with Crippen LogP contribution in [0.15, 0.2) is 29.4 Å². The molecule has 4 aliphatic rings. The van der Waals surface area contributed by atoms with E-state index in [9.17, 15) is 23.4 Å². The second-order valence-electron chi connectivity index (χ2n) is 11.0. The van der Waals surface area contributed by atoms with Gasteiger partial charge in [0.2, 0.25) is 0 Å². The van der Waals surface area contributed by atoms with E-state index in [1.165, 1.54) is 12.2 Å². The summed E-state index contributed by atoms with van der Waals surface area (Å²) in [6.07, 6.45) is 4.13. The number of fused-ring (bicyclic) bond motifs is 3. The zero-order valence-corrected chi connectivity index (χ0v) is 19.5. The first-order valence-corrected chi connectivity index (χ1v) is 12.1. The fourth-order valence-electron chi connectivity index (χ4n) is 6.42. The number of nitrogens with zero attached hydrogens (tertiary/aromatic N) is 1. The number of hydrogen-bond donors (Lipinski definition) is 2. The molecule has 0 aromatic carbocycles. The summed E-state index contributed by atoms with van der Waals surface area (Å²) in [6.45, 7) is 6.13. The smallest absolute Gasteiger partial charge is 0.388 e. The summed E-state index contributed by atoms with van der Waals surface area (Å²) in [5.41, 5.74) is 5.01. The van der Waals surface area contributed by atoms with Gasteiger partial charge in [-0.05, 0) is 61.5 Å². The largest absolute Gasteiger partial charge is 0.416 e. The SMILES string of the molecule is CC1C2=CC(C(F)(F)F)=CCC2C(O)c2c1nc1c(c2C2=CCCCC2)C(O)CC(C)(C)C1. The Hall–Kier alpha value is -1.92. The molecule has 4 aliphatic carbocycles. The summed E-state index contributed by atoms with van der Waals surface area (Å²) in [7, 11) is 0. The van der Waals surface area contributed by atoms with Crippen molar-refractivity contribution < 1.29 is 23.4 Å². The van der Waals surface area contributed by atoms with E-state index in [2.05, 4.69) is 19.9 Å². The molecule has 0 bridgehead atoms. The predicted octanol–water partition coefficient (Wildman–Crippen LogP) is 6.63. The van der Waals surface area contributed by atoms with Crippen LogP contribution in [0.1, 0.15) is 106 Å². The van der Waals surface area contributed by atoms with Crippen molar-refractivity contribution in [1.29, 1.82) is 0 Å². The molecule has 1 aromatic rings. The Labute approximate surface area is 193 Å². The summed E-state index contributed by atoms with van der Waals surface area (Å²) in [5, 5.41) is 22.8. The second-order valence-corrected chi connectivity index (χ2v) is 11.0. The molecular formula is C27H32F3NO2. The van der Waals surface area contributed by atoms with E-state index >= 15 is 0 Å². The molecule has 3 nitrogen and oxygen atoms in total. The number of allylic oxidation sites excluding steroid dienone is 5. The number of rotatable bonds is 1.